The summed E-state index contributed by atoms with van der Waals surface area (Å²) < 4.78 is 9.77. The largest absolute Gasteiger partial charge is 0.481 e. The normalized spacial score (nSPS) is 11.2. The molecule has 0 saturated carbocycles. The van der Waals surface area contributed by atoms with Crippen LogP contribution in [0.1, 0.15) is 26.2 Å². The van der Waals surface area contributed by atoms with Crippen LogP contribution in [-0.2, 0) is 19.1 Å². The number of hydrogen-bond donors (Lipinski definition) is 1. The summed E-state index contributed by atoms with van der Waals surface area (Å²) in [4.78, 5) is 21.5. The number of rotatable bonds is 8. The molecule has 0 radical (unpaired) electrons. The Bertz CT molecular complexity index is 257. The van der Waals surface area contributed by atoms with Crippen molar-refractivity contribution in [2.45, 2.75) is 26.2 Å². The Labute approximate surface area is 95.0 Å². The number of aliphatic carboxylic acids is 1. The second-order valence-electron chi connectivity index (χ2n) is 3.32. The summed E-state index contributed by atoms with van der Waals surface area (Å²) >= 11 is 0. The lowest BCUT2D eigenvalue weighted by Gasteiger charge is -2.04. The minimum Gasteiger partial charge on any atom is -0.481 e. The zero-order valence-corrected chi connectivity index (χ0v) is 9.69. The second-order valence-corrected chi connectivity index (χ2v) is 3.32. The Morgan fingerprint density at radius 3 is 2.44 bits per heavy atom. The van der Waals surface area contributed by atoms with Crippen molar-refractivity contribution in [2.24, 2.45) is 0 Å². The van der Waals surface area contributed by atoms with Gasteiger partial charge in [0.05, 0.1) is 13.0 Å². The molecule has 92 valence electrons. The number of carboxylic acid groups (broad SMARTS) is 1. The number of unbranched alkanes of at least 4 members (excludes halogenated alkanes) is 1. The maximum absolute atomic E-state index is 11.3. The number of methoxy groups -OCH3 is 1. The van der Waals surface area contributed by atoms with Crippen LogP contribution in [0.4, 0.5) is 0 Å². The average molecular weight is 230 g/mol. The highest BCUT2D eigenvalue weighted by Gasteiger charge is 2.05. The first kappa shape index (κ1) is 14.6. The van der Waals surface area contributed by atoms with E-state index < -0.39 is 11.9 Å². The molecule has 0 heterocycles. The van der Waals surface area contributed by atoms with Gasteiger partial charge in [0.2, 0.25) is 0 Å². The number of carboxylic acids is 1. The highest BCUT2D eigenvalue weighted by Crippen LogP contribution is 2.00. The molecule has 0 aliphatic carbocycles. The molecule has 0 aromatic heterocycles. The molecule has 0 rings (SSSR count). The molecule has 0 aromatic carbocycles. The van der Waals surface area contributed by atoms with Crippen LogP contribution in [0.25, 0.3) is 0 Å². The Morgan fingerprint density at radius 1 is 1.25 bits per heavy atom. The molecule has 1 N–H and O–H groups in total. The molecule has 5 heteroatoms. The SMILES string of the molecule is COCCCCOC(=O)C(C)=CCC(=O)O. The van der Waals surface area contributed by atoms with Crippen molar-refractivity contribution < 1.29 is 24.2 Å². The molecule has 0 atom stereocenters. The van der Waals surface area contributed by atoms with E-state index in [0.717, 1.165) is 12.8 Å². The highest BCUT2D eigenvalue weighted by molar-refractivity contribution is 5.88. The van der Waals surface area contributed by atoms with E-state index in [1.54, 1.807) is 14.0 Å². The standard InChI is InChI=1S/C11H18O5/c1-9(5-6-10(12)13)11(14)16-8-4-3-7-15-2/h5H,3-4,6-8H2,1-2H3,(H,12,13). The minimum absolute atomic E-state index is 0.162. The van der Waals surface area contributed by atoms with Gasteiger partial charge in [-0.3, -0.25) is 4.79 Å². The predicted octanol–water partition coefficient (Wildman–Crippen LogP) is 1.38. The van der Waals surface area contributed by atoms with E-state index in [4.69, 9.17) is 14.6 Å². The number of esters is 1. The third kappa shape index (κ3) is 7.99. The van der Waals surface area contributed by atoms with Crippen LogP contribution in [0.2, 0.25) is 0 Å². The number of carbonyl (C=O) groups excluding carboxylic acids is 1. The third-order valence-electron chi connectivity index (χ3n) is 1.88. The molecule has 0 aliphatic rings. The molecule has 0 bridgehead atoms. The van der Waals surface area contributed by atoms with E-state index in [-0.39, 0.29) is 6.42 Å². The van der Waals surface area contributed by atoms with Crippen molar-refractivity contribution in [1.82, 2.24) is 0 Å². The van der Waals surface area contributed by atoms with Crippen molar-refractivity contribution in [3.63, 3.8) is 0 Å². The number of hydrogen-bond acceptors (Lipinski definition) is 4. The van der Waals surface area contributed by atoms with Gasteiger partial charge in [0.25, 0.3) is 0 Å². The van der Waals surface area contributed by atoms with E-state index in [9.17, 15) is 9.59 Å². The summed E-state index contributed by atoms with van der Waals surface area (Å²) in [6.45, 7) is 2.52. The van der Waals surface area contributed by atoms with Crippen LogP contribution in [0.5, 0.6) is 0 Å². The second kappa shape index (κ2) is 8.91. The van der Waals surface area contributed by atoms with Gasteiger partial charge in [0, 0.05) is 19.3 Å². The van der Waals surface area contributed by atoms with Gasteiger partial charge >= 0.3 is 11.9 Å². The quantitative estimate of drug-likeness (QED) is 0.387. The first-order valence-electron chi connectivity index (χ1n) is 5.12. The summed E-state index contributed by atoms with van der Waals surface area (Å²) in [5, 5.41) is 8.41. The van der Waals surface area contributed by atoms with Crippen LogP contribution in [-0.4, -0.2) is 37.4 Å². The van der Waals surface area contributed by atoms with Crippen molar-refractivity contribution in [1.29, 1.82) is 0 Å². The van der Waals surface area contributed by atoms with Crippen LogP contribution in [0, 0.1) is 0 Å². The van der Waals surface area contributed by atoms with Gasteiger partial charge in [-0.1, -0.05) is 6.08 Å². The lowest BCUT2D eigenvalue weighted by Crippen LogP contribution is -2.08. The van der Waals surface area contributed by atoms with Gasteiger partial charge in [0.15, 0.2) is 0 Å². The molecule has 16 heavy (non-hydrogen) atoms. The molecule has 0 saturated heterocycles. The van der Waals surface area contributed by atoms with Gasteiger partial charge in [-0.25, -0.2) is 4.79 Å². The predicted molar refractivity (Wildman–Crippen MR) is 58.1 cm³/mol. The van der Waals surface area contributed by atoms with Crippen molar-refractivity contribution in [2.75, 3.05) is 20.3 Å². The van der Waals surface area contributed by atoms with Crippen molar-refractivity contribution in [3.05, 3.63) is 11.6 Å². The lowest BCUT2D eigenvalue weighted by molar-refractivity contribution is -0.139. The Morgan fingerprint density at radius 2 is 1.88 bits per heavy atom. The Balaban J connectivity index is 3.71. The molecule has 0 unspecified atom stereocenters. The van der Waals surface area contributed by atoms with Gasteiger partial charge in [-0.2, -0.15) is 0 Å². The van der Waals surface area contributed by atoms with Crippen molar-refractivity contribution >= 4 is 11.9 Å². The van der Waals surface area contributed by atoms with Gasteiger partial charge in [-0.15, -0.1) is 0 Å². The number of carbonyl (C=O) groups is 2. The zero-order valence-electron chi connectivity index (χ0n) is 9.69. The van der Waals surface area contributed by atoms with E-state index in [2.05, 4.69) is 0 Å². The van der Waals surface area contributed by atoms with Crippen molar-refractivity contribution in [3.8, 4) is 0 Å². The van der Waals surface area contributed by atoms with E-state index >= 15 is 0 Å². The fraction of sp³-hybridized carbons (Fsp3) is 0.636. The highest BCUT2D eigenvalue weighted by atomic mass is 16.5. The molecule has 5 nitrogen and oxygen atoms in total. The van der Waals surface area contributed by atoms with E-state index in [1.807, 2.05) is 0 Å². The van der Waals surface area contributed by atoms with E-state index in [0.29, 0.717) is 18.8 Å². The molecule has 0 spiro atoms. The maximum atomic E-state index is 11.3. The Hall–Kier alpha value is -1.36. The molecular formula is C11H18O5. The van der Waals surface area contributed by atoms with Crippen LogP contribution in [0.3, 0.4) is 0 Å². The maximum Gasteiger partial charge on any atom is 0.333 e. The average Bonchev–Trinajstić information content (AvgIpc) is 2.25. The summed E-state index contributed by atoms with van der Waals surface area (Å²) in [7, 11) is 1.62. The zero-order chi connectivity index (χ0) is 12.4. The molecule has 0 aromatic rings. The van der Waals surface area contributed by atoms with Crippen LogP contribution < -0.4 is 0 Å². The topological polar surface area (TPSA) is 72.8 Å². The molecular weight excluding hydrogens is 212 g/mol. The first-order valence-corrected chi connectivity index (χ1v) is 5.12. The lowest BCUT2D eigenvalue weighted by atomic mass is 10.2. The van der Waals surface area contributed by atoms with E-state index in [1.165, 1.54) is 6.08 Å². The number of ether oxygens (including phenoxy) is 2. The van der Waals surface area contributed by atoms with Crippen LogP contribution in [0.15, 0.2) is 11.6 Å². The van der Waals surface area contributed by atoms with Gasteiger partial charge < -0.3 is 14.6 Å². The van der Waals surface area contributed by atoms with Crippen LogP contribution >= 0.6 is 0 Å². The van der Waals surface area contributed by atoms with Gasteiger partial charge in [-0.05, 0) is 19.8 Å². The monoisotopic (exact) mass is 230 g/mol. The summed E-state index contributed by atoms with van der Waals surface area (Å²) in [5.74, 6) is -1.43. The smallest absolute Gasteiger partial charge is 0.333 e. The first-order chi connectivity index (χ1) is 7.57. The van der Waals surface area contributed by atoms with Gasteiger partial charge in [0.1, 0.15) is 0 Å². The third-order valence-corrected chi connectivity index (χ3v) is 1.88. The minimum atomic E-state index is -0.966. The summed E-state index contributed by atoms with van der Waals surface area (Å²) in [5.41, 5.74) is 0.328. The fourth-order valence-corrected chi connectivity index (χ4v) is 0.951. The molecule has 0 aliphatic heterocycles. The summed E-state index contributed by atoms with van der Waals surface area (Å²) in [6, 6.07) is 0. The summed E-state index contributed by atoms with van der Waals surface area (Å²) in [6.07, 6.45) is 2.76. The Kier molecular flexibility index (Phi) is 8.15. The molecule has 0 amide bonds. The molecule has 0 fully saturated rings. The fourth-order valence-electron chi connectivity index (χ4n) is 0.951.